The molecule has 0 aromatic carbocycles. The fourth-order valence-corrected chi connectivity index (χ4v) is 5.00. The Labute approximate surface area is 180 Å². The highest BCUT2D eigenvalue weighted by molar-refractivity contribution is 5.90. The van der Waals surface area contributed by atoms with E-state index in [-0.39, 0.29) is 0 Å². The zero-order valence-corrected chi connectivity index (χ0v) is 17.3. The van der Waals surface area contributed by atoms with Crippen molar-refractivity contribution in [2.75, 3.05) is 36.0 Å². The Kier molecular flexibility index (Phi) is 4.29. The molecular weight excluding hydrogens is 388 g/mol. The van der Waals surface area contributed by atoms with Gasteiger partial charge in [0.05, 0.1) is 11.7 Å². The van der Waals surface area contributed by atoms with Crippen LogP contribution >= 0.6 is 0 Å². The number of hydrogen-bond donors (Lipinski definition) is 1. The van der Waals surface area contributed by atoms with Gasteiger partial charge in [0.15, 0.2) is 5.82 Å². The van der Waals surface area contributed by atoms with Crippen molar-refractivity contribution in [1.82, 2.24) is 30.1 Å². The van der Waals surface area contributed by atoms with Gasteiger partial charge in [0.2, 0.25) is 0 Å². The summed E-state index contributed by atoms with van der Waals surface area (Å²) < 4.78 is 0. The molecule has 0 aliphatic carbocycles. The summed E-state index contributed by atoms with van der Waals surface area (Å²) in [5.74, 6) is 2.80. The van der Waals surface area contributed by atoms with Gasteiger partial charge in [-0.05, 0) is 42.9 Å². The van der Waals surface area contributed by atoms with E-state index in [9.17, 15) is 0 Å². The van der Waals surface area contributed by atoms with E-state index >= 15 is 0 Å². The molecule has 8 heteroatoms. The van der Waals surface area contributed by atoms with Crippen LogP contribution in [0.15, 0.2) is 55.2 Å². The first-order valence-corrected chi connectivity index (χ1v) is 10.8. The predicted molar refractivity (Wildman–Crippen MR) is 120 cm³/mol. The zero-order chi connectivity index (χ0) is 20.7. The number of piperidine rings is 1. The summed E-state index contributed by atoms with van der Waals surface area (Å²) in [6, 6.07) is 8.00. The molecule has 2 fully saturated rings. The van der Waals surface area contributed by atoms with Gasteiger partial charge in [-0.3, -0.25) is 15.1 Å². The molecule has 2 saturated heterocycles. The van der Waals surface area contributed by atoms with Gasteiger partial charge in [-0.25, -0.2) is 9.97 Å². The highest BCUT2D eigenvalue weighted by atomic mass is 15.3. The number of hydrogen-bond acceptors (Lipinski definition) is 7. The lowest BCUT2D eigenvalue weighted by Gasteiger charge is -2.40. The Hall–Kier alpha value is -3.55. The van der Waals surface area contributed by atoms with Crippen molar-refractivity contribution >= 4 is 22.5 Å². The number of nitrogens with one attached hydrogen (secondary N) is 1. The minimum absolute atomic E-state index is 0.369. The standard InChI is InChI=1S/C23H24N8/c1-8-24-9-2-17(1)21-27-19-15-25-10-3-18(19)22(28-21)30-12-5-23(6-13-30)7-14-31(16-23)20-4-11-26-29-20/h1-4,8-11,15H,5-7,12-14,16H2,(H,26,29). The summed E-state index contributed by atoms with van der Waals surface area (Å²) in [6.07, 6.45) is 12.7. The van der Waals surface area contributed by atoms with Crippen LogP contribution in [-0.4, -0.2) is 56.3 Å². The summed E-state index contributed by atoms with van der Waals surface area (Å²) in [6.45, 7) is 4.17. The number of H-pyrrole nitrogens is 1. The molecule has 0 radical (unpaired) electrons. The number of rotatable bonds is 3. The van der Waals surface area contributed by atoms with E-state index in [1.807, 2.05) is 36.8 Å². The van der Waals surface area contributed by atoms with Crippen LogP contribution in [0.25, 0.3) is 22.3 Å². The number of fused-ring (bicyclic) bond motifs is 1. The number of aromatic nitrogens is 6. The third-order valence-electron chi connectivity index (χ3n) is 6.79. The molecule has 2 aliphatic rings. The smallest absolute Gasteiger partial charge is 0.162 e. The predicted octanol–water partition coefficient (Wildman–Crippen LogP) is 3.31. The molecule has 0 bridgehead atoms. The number of pyridine rings is 2. The molecule has 31 heavy (non-hydrogen) atoms. The van der Waals surface area contributed by atoms with E-state index in [4.69, 9.17) is 9.97 Å². The van der Waals surface area contributed by atoms with Gasteiger partial charge in [-0.1, -0.05) is 0 Å². The quantitative estimate of drug-likeness (QED) is 0.552. The average Bonchev–Trinajstić information content (AvgIpc) is 3.50. The second-order valence-corrected chi connectivity index (χ2v) is 8.59. The van der Waals surface area contributed by atoms with Gasteiger partial charge < -0.3 is 9.80 Å². The molecule has 8 nitrogen and oxygen atoms in total. The van der Waals surface area contributed by atoms with Crippen LogP contribution in [0.2, 0.25) is 0 Å². The van der Waals surface area contributed by atoms with E-state index in [0.717, 1.165) is 72.9 Å². The summed E-state index contributed by atoms with van der Waals surface area (Å²) >= 11 is 0. The Morgan fingerprint density at radius 3 is 2.39 bits per heavy atom. The van der Waals surface area contributed by atoms with Gasteiger partial charge in [0.1, 0.15) is 11.6 Å². The van der Waals surface area contributed by atoms with Crippen molar-refractivity contribution in [3.63, 3.8) is 0 Å². The molecule has 4 aromatic heterocycles. The van der Waals surface area contributed by atoms with Gasteiger partial charge in [0.25, 0.3) is 0 Å². The van der Waals surface area contributed by atoms with Crippen molar-refractivity contribution in [2.24, 2.45) is 5.41 Å². The minimum atomic E-state index is 0.369. The summed E-state index contributed by atoms with van der Waals surface area (Å²) in [4.78, 5) is 23.0. The summed E-state index contributed by atoms with van der Waals surface area (Å²) in [5, 5.41) is 8.38. The van der Waals surface area contributed by atoms with E-state index < -0.39 is 0 Å². The lowest BCUT2D eigenvalue weighted by Crippen LogP contribution is -2.42. The molecule has 1 spiro atoms. The van der Waals surface area contributed by atoms with Crippen molar-refractivity contribution in [3.05, 3.63) is 55.2 Å². The first-order valence-electron chi connectivity index (χ1n) is 10.8. The highest BCUT2D eigenvalue weighted by Crippen LogP contribution is 2.43. The molecule has 0 unspecified atom stereocenters. The lowest BCUT2D eigenvalue weighted by molar-refractivity contribution is 0.250. The van der Waals surface area contributed by atoms with Gasteiger partial charge >= 0.3 is 0 Å². The molecule has 6 heterocycles. The Morgan fingerprint density at radius 1 is 0.839 bits per heavy atom. The fourth-order valence-electron chi connectivity index (χ4n) is 5.00. The molecule has 4 aromatic rings. The van der Waals surface area contributed by atoms with Crippen LogP contribution in [0.1, 0.15) is 19.3 Å². The molecule has 6 rings (SSSR count). The first kappa shape index (κ1) is 18.2. The van der Waals surface area contributed by atoms with Crippen LogP contribution in [0.5, 0.6) is 0 Å². The fraction of sp³-hybridized carbons (Fsp3) is 0.348. The monoisotopic (exact) mass is 412 g/mol. The van der Waals surface area contributed by atoms with Crippen molar-refractivity contribution in [1.29, 1.82) is 0 Å². The molecule has 2 aliphatic heterocycles. The zero-order valence-electron chi connectivity index (χ0n) is 17.3. The minimum Gasteiger partial charge on any atom is -0.356 e. The summed E-state index contributed by atoms with van der Waals surface area (Å²) in [7, 11) is 0. The highest BCUT2D eigenvalue weighted by Gasteiger charge is 2.41. The Bertz CT molecular complexity index is 1180. The second-order valence-electron chi connectivity index (χ2n) is 8.59. The average molecular weight is 413 g/mol. The van der Waals surface area contributed by atoms with Crippen LogP contribution in [-0.2, 0) is 0 Å². The van der Waals surface area contributed by atoms with Gasteiger partial charge in [0, 0.05) is 68.0 Å². The summed E-state index contributed by atoms with van der Waals surface area (Å²) in [5.41, 5.74) is 2.22. The van der Waals surface area contributed by atoms with Crippen LogP contribution in [0.3, 0.4) is 0 Å². The Balaban J connectivity index is 1.28. The SMILES string of the molecule is c1cc(-c2nc(N3CCC4(CCN(c5cc[nH]n5)C4)CC3)c3ccncc3n2)ccn1. The van der Waals surface area contributed by atoms with Crippen molar-refractivity contribution in [3.8, 4) is 11.4 Å². The molecule has 0 saturated carbocycles. The maximum Gasteiger partial charge on any atom is 0.162 e. The number of aromatic amines is 1. The van der Waals surface area contributed by atoms with E-state index in [1.54, 1.807) is 12.4 Å². The van der Waals surface area contributed by atoms with E-state index in [0.29, 0.717) is 5.41 Å². The third-order valence-corrected chi connectivity index (χ3v) is 6.79. The first-order chi connectivity index (χ1) is 15.3. The largest absolute Gasteiger partial charge is 0.356 e. The Morgan fingerprint density at radius 2 is 1.61 bits per heavy atom. The van der Waals surface area contributed by atoms with Gasteiger partial charge in [-0.15, -0.1) is 0 Å². The van der Waals surface area contributed by atoms with Crippen molar-refractivity contribution < 1.29 is 0 Å². The lowest BCUT2D eigenvalue weighted by atomic mass is 9.78. The topological polar surface area (TPSA) is 86.7 Å². The maximum absolute atomic E-state index is 5.00. The molecule has 0 amide bonds. The van der Waals surface area contributed by atoms with Crippen LogP contribution < -0.4 is 9.80 Å². The number of anilines is 2. The molecular formula is C23H24N8. The third kappa shape index (κ3) is 3.28. The molecule has 0 atom stereocenters. The molecule has 156 valence electrons. The van der Waals surface area contributed by atoms with Gasteiger partial charge in [-0.2, -0.15) is 5.10 Å². The second kappa shape index (κ2) is 7.30. The van der Waals surface area contributed by atoms with Crippen LogP contribution in [0, 0.1) is 5.41 Å². The maximum atomic E-state index is 5.00. The normalized spacial score (nSPS) is 18.2. The van der Waals surface area contributed by atoms with Crippen molar-refractivity contribution in [2.45, 2.75) is 19.3 Å². The molecule has 1 N–H and O–H groups in total. The van der Waals surface area contributed by atoms with Crippen LogP contribution in [0.4, 0.5) is 11.6 Å². The number of nitrogens with zero attached hydrogens (tertiary/aromatic N) is 7. The van der Waals surface area contributed by atoms with E-state index in [2.05, 4.69) is 36.0 Å². The van der Waals surface area contributed by atoms with E-state index in [1.165, 1.54) is 6.42 Å².